The van der Waals surface area contributed by atoms with Gasteiger partial charge in [0.25, 0.3) is 5.69 Å². The van der Waals surface area contributed by atoms with Gasteiger partial charge in [-0.3, -0.25) is 15.1 Å². The van der Waals surface area contributed by atoms with Gasteiger partial charge >= 0.3 is 6.16 Å². The number of rotatable bonds is 3. The van der Waals surface area contributed by atoms with E-state index in [4.69, 9.17) is 5.11 Å². The molecule has 1 N–H and O–H groups in total. The van der Waals surface area contributed by atoms with Crippen molar-refractivity contribution in [3.8, 4) is 17.0 Å². The molecule has 0 aliphatic carbocycles. The summed E-state index contributed by atoms with van der Waals surface area (Å²) in [5.41, 5.74) is 0.780. The third kappa shape index (κ3) is 2.83. The van der Waals surface area contributed by atoms with E-state index in [-0.39, 0.29) is 11.4 Å². The Morgan fingerprint density at radius 1 is 1.26 bits per heavy atom. The molecule has 0 radical (unpaired) electrons. The van der Waals surface area contributed by atoms with E-state index in [0.29, 0.717) is 11.3 Å². The molecule has 0 spiro atoms. The molecule has 0 aliphatic rings. The van der Waals surface area contributed by atoms with E-state index in [1.165, 1.54) is 42.6 Å². The molecule has 0 atom stereocenters. The average molecular weight is 260 g/mol. The van der Waals surface area contributed by atoms with Crippen molar-refractivity contribution in [2.75, 3.05) is 0 Å². The van der Waals surface area contributed by atoms with Crippen LogP contribution in [0.1, 0.15) is 0 Å². The summed E-state index contributed by atoms with van der Waals surface area (Å²) in [4.78, 5) is 24.6. The maximum absolute atomic E-state index is 10.6. The van der Waals surface area contributed by atoms with Gasteiger partial charge in [0.15, 0.2) is 5.75 Å². The van der Waals surface area contributed by atoms with E-state index in [1.54, 1.807) is 0 Å². The molecule has 2 rings (SSSR count). The summed E-state index contributed by atoms with van der Waals surface area (Å²) >= 11 is 0. The Kier molecular flexibility index (Phi) is 3.37. The average Bonchev–Trinajstić information content (AvgIpc) is 2.39. The zero-order valence-corrected chi connectivity index (χ0v) is 9.52. The number of non-ortho nitro benzene ring substituents is 1. The van der Waals surface area contributed by atoms with Gasteiger partial charge in [-0.15, -0.1) is 0 Å². The highest BCUT2D eigenvalue weighted by Crippen LogP contribution is 2.28. The van der Waals surface area contributed by atoms with Crippen LogP contribution in [0.25, 0.3) is 11.3 Å². The second kappa shape index (κ2) is 5.13. The highest BCUT2D eigenvalue weighted by Gasteiger charge is 2.12. The van der Waals surface area contributed by atoms with Crippen molar-refractivity contribution in [3.05, 3.63) is 52.7 Å². The number of nitrogens with zero attached hydrogens (tertiary/aromatic N) is 2. The van der Waals surface area contributed by atoms with Gasteiger partial charge in [0, 0.05) is 23.9 Å². The summed E-state index contributed by atoms with van der Waals surface area (Å²) in [6.45, 7) is 0. The number of pyridine rings is 1. The standard InChI is InChI=1S/C12H8N2O5/c15-12(16)19-10-2-1-7-13-11(10)8-3-5-9(6-4-8)14(17)18/h1-7H,(H,15,16). The molecule has 7 heteroatoms. The summed E-state index contributed by atoms with van der Waals surface area (Å²) < 4.78 is 4.60. The minimum Gasteiger partial charge on any atom is -0.449 e. The second-order valence-corrected chi connectivity index (χ2v) is 3.52. The summed E-state index contributed by atoms with van der Waals surface area (Å²) in [6.07, 6.45) is 0.0296. The quantitative estimate of drug-likeness (QED) is 0.517. The lowest BCUT2D eigenvalue weighted by molar-refractivity contribution is -0.384. The zero-order chi connectivity index (χ0) is 13.8. The van der Waals surface area contributed by atoms with Crippen molar-refractivity contribution in [1.29, 1.82) is 0 Å². The van der Waals surface area contributed by atoms with Gasteiger partial charge in [-0.05, 0) is 24.3 Å². The molecule has 0 saturated carbocycles. The highest BCUT2D eigenvalue weighted by molar-refractivity contribution is 5.71. The van der Waals surface area contributed by atoms with Gasteiger partial charge in [-0.1, -0.05) is 0 Å². The fourth-order valence-electron chi connectivity index (χ4n) is 1.52. The predicted molar refractivity (Wildman–Crippen MR) is 65.0 cm³/mol. The van der Waals surface area contributed by atoms with E-state index < -0.39 is 11.1 Å². The topological polar surface area (TPSA) is 103 Å². The number of hydrogen-bond donors (Lipinski definition) is 1. The third-order valence-corrected chi connectivity index (χ3v) is 2.32. The monoisotopic (exact) mass is 260 g/mol. The molecule has 0 fully saturated rings. The van der Waals surface area contributed by atoms with Crippen LogP contribution in [0.15, 0.2) is 42.6 Å². The van der Waals surface area contributed by atoms with E-state index in [2.05, 4.69) is 9.72 Å². The number of ether oxygens (including phenoxy) is 1. The van der Waals surface area contributed by atoms with Crippen molar-refractivity contribution >= 4 is 11.8 Å². The first kappa shape index (κ1) is 12.5. The number of carbonyl (C=O) groups is 1. The van der Waals surface area contributed by atoms with Gasteiger partial charge in [0.1, 0.15) is 5.69 Å². The molecule has 0 amide bonds. The first-order chi connectivity index (χ1) is 9.08. The highest BCUT2D eigenvalue weighted by atomic mass is 16.7. The van der Waals surface area contributed by atoms with Gasteiger partial charge in [0.2, 0.25) is 0 Å². The Balaban J connectivity index is 2.41. The van der Waals surface area contributed by atoms with Gasteiger partial charge in [-0.25, -0.2) is 4.79 Å². The number of nitro groups is 1. The van der Waals surface area contributed by atoms with Crippen LogP contribution in [0, 0.1) is 10.1 Å². The molecular weight excluding hydrogens is 252 g/mol. The number of hydrogen-bond acceptors (Lipinski definition) is 5. The third-order valence-electron chi connectivity index (χ3n) is 2.32. The van der Waals surface area contributed by atoms with Gasteiger partial charge in [0.05, 0.1) is 4.92 Å². The van der Waals surface area contributed by atoms with Crippen LogP contribution in [0.5, 0.6) is 5.75 Å². The maximum Gasteiger partial charge on any atom is 0.511 e. The fourth-order valence-corrected chi connectivity index (χ4v) is 1.52. The van der Waals surface area contributed by atoms with E-state index in [1.807, 2.05) is 0 Å². The Morgan fingerprint density at radius 2 is 1.95 bits per heavy atom. The minimum atomic E-state index is -1.45. The fraction of sp³-hybridized carbons (Fsp3) is 0. The first-order valence-corrected chi connectivity index (χ1v) is 5.18. The summed E-state index contributed by atoms with van der Waals surface area (Å²) in [5, 5.41) is 19.2. The molecule has 0 aliphatic heterocycles. The van der Waals surface area contributed by atoms with Crippen LogP contribution < -0.4 is 4.74 Å². The number of aromatic nitrogens is 1. The van der Waals surface area contributed by atoms with Crippen molar-refractivity contribution < 1.29 is 19.6 Å². The van der Waals surface area contributed by atoms with E-state index >= 15 is 0 Å². The molecule has 1 heterocycles. The molecule has 2 aromatic rings. The van der Waals surface area contributed by atoms with Gasteiger partial charge in [-0.2, -0.15) is 0 Å². The SMILES string of the molecule is O=C(O)Oc1cccnc1-c1ccc([N+](=O)[O-])cc1. The summed E-state index contributed by atoms with van der Waals surface area (Å²) in [7, 11) is 0. The minimum absolute atomic E-state index is 0.0552. The van der Waals surface area contributed by atoms with E-state index in [0.717, 1.165) is 0 Å². The van der Waals surface area contributed by atoms with Crippen molar-refractivity contribution in [1.82, 2.24) is 4.98 Å². The van der Waals surface area contributed by atoms with Crippen molar-refractivity contribution in [3.63, 3.8) is 0 Å². The molecule has 0 bridgehead atoms. The lowest BCUT2D eigenvalue weighted by Crippen LogP contribution is -2.04. The van der Waals surface area contributed by atoms with Crippen molar-refractivity contribution in [2.24, 2.45) is 0 Å². The Bertz CT molecular complexity index is 624. The van der Waals surface area contributed by atoms with Crippen LogP contribution in [0.4, 0.5) is 10.5 Å². The lowest BCUT2D eigenvalue weighted by Gasteiger charge is -2.06. The Hall–Kier alpha value is -2.96. The second-order valence-electron chi connectivity index (χ2n) is 3.52. The van der Waals surface area contributed by atoms with Crippen LogP contribution in [0.2, 0.25) is 0 Å². The summed E-state index contributed by atoms with van der Waals surface area (Å²) in [5.74, 6) is 0.0730. The van der Waals surface area contributed by atoms with Gasteiger partial charge < -0.3 is 9.84 Å². The largest absolute Gasteiger partial charge is 0.511 e. The summed E-state index contributed by atoms with van der Waals surface area (Å²) in [6, 6.07) is 8.58. The Morgan fingerprint density at radius 3 is 2.53 bits per heavy atom. The predicted octanol–water partition coefficient (Wildman–Crippen LogP) is 2.71. The number of nitro benzene ring substituents is 1. The molecule has 1 aromatic carbocycles. The number of benzene rings is 1. The van der Waals surface area contributed by atoms with E-state index in [9.17, 15) is 14.9 Å². The molecular formula is C12H8N2O5. The lowest BCUT2D eigenvalue weighted by atomic mass is 10.1. The van der Waals surface area contributed by atoms with Crippen molar-refractivity contribution in [2.45, 2.75) is 0 Å². The normalized spacial score (nSPS) is 9.89. The smallest absolute Gasteiger partial charge is 0.449 e. The molecule has 96 valence electrons. The molecule has 0 saturated heterocycles. The molecule has 0 unspecified atom stereocenters. The molecule has 19 heavy (non-hydrogen) atoms. The molecule has 1 aromatic heterocycles. The zero-order valence-electron chi connectivity index (χ0n) is 9.52. The first-order valence-electron chi connectivity index (χ1n) is 5.18. The van der Waals surface area contributed by atoms with Crippen LogP contribution in [-0.4, -0.2) is 21.2 Å². The van der Waals surface area contributed by atoms with Crippen LogP contribution in [0.3, 0.4) is 0 Å². The van der Waals surface area contributed by atoms with Crippen LogP contribution >= 0.6 is 0 Å². The Labute approximate surface area is 107 Å². The molecule has 7 nitrogen and oxygen atoms in total. The van der Waals surface area contributed by atoms with Crippen LogP contribution in [-0.2, 0) is 0 Å². The number of carboxylic acid groups (broad SMARTS) is 1. The maximum atomic E-state index is 10.6.